The third-order valence-electron chi connectivity index (χ3n) is 3.62. The van der Waals surface area contributed by atoms with Crippen molar-refractivity contribution in [1.29, 1.82) is 0 Å². The second-order valence-electron chi connectivity index (χ2n) is 4.85. The van der Waals surface area contributed by atoms with Crippen molar-refractivity contribution in [3.8, 4) is 5.75 Å². The van der Waals surface area contributed by atoms with Crippen LogP contribution in [0.25, 0.3) is 0 Å². The zero-order valence-electron chi connectivity index (χ0n) is 10.9. The smallest absolute Gasteiger partial charge is 0.258 e. The fourth-order valence-electron chi connectivity index (χ4n) is 2.55. The van der Waals surface area contributed by atoms with Crippen LogP contribution in [0.3, 0.4) is 0 Å². The van der Waals surface area contributed by atoms with Gasteiger partial charge < -0.3 is 15.7 Å². The van der Waals surface area contributed by atoms with Crippen LogP contribution in [0.15, 0.2) is 36.7 Å². The molecule has 5 nitrogen and oxygen atoms in total. The summed E-state index contributed by atoms with van der Waals surface area (Å²) in [6, 6.07) is 7.29. The Morgan fingerprint density at radius 1 is 1.35 bits per heavy atom. The van der Waals surface area contributed by atoms with Gasteiger partial charge in [-0.1, -0.05) is 12.1 Å². The van der Waals surface area contributed by atoms with Crippen molar-refractivity contribution in [2.75, 3.05) is 12.3 Å². The van der Waals surface area contributed by atoms with Gasteiger partial charge in [-0.25, -0.2) is 0 Å². The number of pyridine rings is 1. The number of aromatic hydroxyl groups is 1. The molecule has 2 heterocycles. The molecule has 20 heavy (non-hydrogen) atoms. The van der Waals surface area contributed by atoms with Crippen LogP contribution in [0.4, 0.5) is 5.69 Å². The summed E-state index contributed by atoms with van der Waals surface area (Å²) in [6.07, 6.45) is 3.52. The standard InChI is InChI=1S/C15H15N3O2/c16-13-3-1-2-10-9-18(7-5-11(10)13)15(20)12-4-6-17-8-14(12)19/h1-4,6,8,19H,5,7,9,16H2. The van der Waals surface area contributed by atoms with Gasteiger partial charge in [0.15, 0.2) is 0 Å². The van der Waals surface area contributed by atoms with Gasteiger partial charge in [-0.2, -0.15) is 0 Å². The lowest BCUT2D eigenvalue weighted by Gasteiger charge is -2.29. The van der Waals surface area contributed by atoms with E-state index in [4.69, 9.17) is 5.73 Å². The van der Waals surface area contributed by atoms with E-state index < -0.39 is 0 Å². The van der Waals surface area contributed by atoms with Crippen molar-refractivity contribution in [2.45, 2.75) is 13.0 Å². The predicted molar refractivity (Wildman–Crippen MR) is 75.2 cm³/mol. The number of nitrogen functional groups attached to an aromatic ring is 1. The number of aromatic nitrogens is 1. The molecule has 0 spiro atoms. The summed E-state index contributed by atoms with van der Waals surface area (Å²) >= 11 is 0. The number of anilines is 1. The van der Waals surface area contributed by atoms with Gasteiger partial charge in [0, 0.05) is 25.0 Å². The Morgan fingerprint density at radius 2 is 2.20 bits per heavy atom. The van der Waals surface area contributed by atoms with Crippen LogP contribution in [-0.4, -0.2) is 27.4 Å². The van der Waals surface area contributed by atoms with Crippen LogP contribution in [0.1, 0.15) is 21.5 Å². The van der Waals surface area contributed by atoms with E-state index in [1.54, 1.807) is 4.90 Å². The summed E-state index contributed by atoms with van der Waals surface area (Å²) in [5.74, 6) is -0.270. The molecule has 1 amide bonds. The second kappa shape index (κ2) is 4.85. The van der Waals surface area contributed by atoms with Crippen molar-refractivity contribution in [2.24, 2.45) is 0 Å². The first-order valence-electron chi connectivity index (χ1n) is 6.45. The second-order valence-corrected chi connectivity index (χ2v) is 4.85. The van der Waals surface area contributed by atoms with Crippen LogP contribution in [0.2, 0.25) is 0 Å². The molecule has 0 unspecified atom stereocenters. The van der Waals surface area contributed by atoms with E-state index in [1.807, 2.05) is 18.2 Å². The van der Waals surface area contributed by atoms with E-state index >= 15 is 0 Å². The van der Waals surface area contributed by atoms with Gasteiger partial charge in [-0.05, 0) is 29.7 Å². The quantitative estimate of drug-likeness (QED) is 0.770. The van der Waals surface area contributed by atoms with E-state index in [1.165, 1.54) is 18.5 Å². The maximum atomic E-state index is 12.4. The largest absolute Gasteiger partial charge is 0.505 e. The molecule has 3 N–H and O–H groups in total. The van der Waals surface area contributed by atoms with Gasteiger partial charge >= 0.3 is 0 Å². The highest BCUT2D eigenvalue weighted by Gasteiger charge is 2.24. The lowest BCUT2D eigenvalue weighted by atomic mass is 9.97. The van der Waals surface area contributed by atoms with E-state index in [-0.39, 0.29) is 17.2 Å². The maximum Gasteiger partial charge on any atom is 0.258 e. The highest BCUT2D eigenvalue weighted by Crippen LogP contribution is 2.26. The number of hydrogen-bond donors (Lipinski definition) is 2. The number of carbonyl (C=O) groups excluding carboxylic acids is 1. The Kier molecular flexibility index (Phi) is 3.02. The van der Waals surface area contributed by atoms with Gasteiger partial charge in [-0.15, -0.1) is 0 Å². The lowest BCUT2D eigenvalue weighted by Crippen LogP contribution is -2.36. The molecule has 1 aromatic carbocycles. The topological polar surface area (TPSA) is 79.5 Å². The fourth-order valence-corrected chi connectivity index (χ4v) is 2.55. The molecule has 0 fully saturated rings. The molecular weight excluding hydrogens is 254 g/mol. The summed E-state index contributed by atoms with van der Waals surface area (Å²) in [5.41, 5.74) is 9.20. The molecule has 0 atom stereocenters. The van der Waals surface area contributed by atoms with Gasteiger partial charge in [0.25, 0.3) is 5.91 Å². The molecule has 0 bridgehead atoms. The Hall–Kier alpha value is -2.56. The fraction of sp³-hybridized carbons (Fsp3) is 0.200. The molecule has 3 rings (SSSR count). The minimum Gasteiger partial charge on any atom is -0.505 e. The van der Waals surface area contributed by atoms with Crippen molar-refractivity contribution in [1.82, 2.24) is 9.88 Å². The first kappa shape index (κ1) is 12.5. The summed E-state index contributed by atoms with van der Waals surface area (Å²) in [6.45, 7) is 1.11. The van der Waals surface area contributed by atoms with Gasteiger partial charge in [0.1, 0.15) is 5.75 Å². The molecule has 1 aliphatic heterocycles. The van der Waals surface area contributed by atoms with E-state index in [0.29, 0.717) is 13.1 Å². The van der Waals surface area contributed by atoms with Crippen molar-refractivity contribution >= 4 is 11.6 Å². The molecule has 0 radical (unpaired) electrons. The van der Waals surface area contributed by atoms with E-state index in [9.17, 15) is 9.90 Å². The number of hydrogen-bond acceptors (Lipinski definition) is 4. The normalized spacial score (nSPS) is 13.9. The predicted octanol–water partition coefficient (Wildman–Crippen LogP) is 1.57. The van der Waals surface area contributed by atoms with Crippen LogP contribution in [0.5, 0.6) is 5.75 Å². The zero-order chi connectivity index (χ0) is 14.1. The Morgan fingerprint density at radius 3 is 3.00 bits per heavy atom. The average molecular weight is 269 g/mol. The maximum absolute atomic E-state index is 12.4. The van der Waals surface area contributed by atoms with Gasteiger partial charge in [-0.3, -0.25) is 9.78 Å². The number of fused-ring (bicyclic) bond motifs is 1. The van der Waals surface area contributed by atoms with E-state index in [0.717, 1.165) is 23.2 Å². The van der Waals surface area contributed by atoms with Gasteiger partial charge in [0.2, 0.25) is 0 Å². The Balaban J connectivity index is 1.88. The molecule has 1 aliphatic rings. The van der Waals surface area contributed by atoms with Crippen LogP contribution in [0, 0.1) is 0 Å². The number of rotatable bonds is 1. The van der Waals surface area contributed by atoms with Crippen molar-refractivity contribution in [3.05, 3.63) is 53.3 Å². The van der Waals surface area contributed by atoms with Crippen LogP contribution < -0.4 is 5.73 Å². The zero-order valence-corrected chi connectivity index (χ0v) is 10.9. The minimum atomic E-state index is -0.182. The lowest BCUT2D eigenvalue weighted by molar-refractivity contribution is 0.0731. The molecule has 0 saturated heterocycles. The molecule has 1 aromatic heterocycles. The van der Waals surface area contributed by atoms with Crippen molar-refractivity contribution in [3.63, 3.8) is 0 Å². The average Bonchev–Trinajstić information content (AvgIpc) is 2.47. The summed E-state index contributed by atoms with van der Waals surface area (Å²) in [5, 5.41) is 9.72. The monoisotopic (exact) mass is 269 g/mol. The van der Waals surface area contributed by atoms with Crippen LogP contribution >= 0.6 is 0 Å². The molecule has 0 aliphatic carbocycles. The summed E-state index contributed by atoms with van der Waals surface area (Å²) in [7, 11) is 0. The Labute approximate surface area is 116 Å². The molecular formula is C15H15N3O2. The minimum absolute atomic E-state index is 0.0872. The SMILES string of the molecule is Nc1cccc2c1CCN(C(=O)c1ccncc1O)C2. The van der Waals surface area contributed by atoms with Crippen LogP contribution in [-0.2, 0) is 13.0 Å². The van der Waals surface area contributed by atoms with E-state index in [2.05, 4.69) is 4.98 Å². The summed E-state index contributed by atoms with van der Waals surface area (Å²) < 4.78 is 0. The molecule has 102 valence electrons. The number of nitrogens with two attached hydrogens (primary N) is 1. The molecule has 5 heteroatoms. The third kappa shape index (κ3) is 2.07. The highest BCUT2D eigenvalue weighted by molar-refractivity contribution is 5.96. The van der Waals surface area contributed by atoms with Gasteiger partial charge in [0.05, 0.1) is 11.8 Å². The highest BCUT2D eigenvalue weighted by atomic mass is 16.3. The number of nitrogens with zero attached hydrogens (tertiary/aromatic N) is 2. The summed E-state index contributed by atoms with van der Waals surface area (Å²) in [4.78, 5) is 17.9. The first-order valence-corrected chi connectivity index (χ1v) is 6.45. The number of amides is 1. The number of benzene rings is 1. The number of carbonyl (C=O) groups is 1. The molecule has 2 aromatic rings. The first-order chi connectivity index (χ1) is 9.66. The molecule has 0 saturated carbocycles. The Bertz CT molecular complexity index is 670. The van der Waals surface area contributed by atoms with Crippen molar-refractivity contribution < 1.29 is 9.90 Å². The third-order valence-corrected chi connectivity index (χ3v) is 3.62.